The number of halogens is 5. The van der Waals surface area contributed by atoms with Crippen LogP contribution in [0.3, 0.4) is 0 Å². The van der Waals surface area contributed by atoms with Crippen molar-refractivity contribution < 1.29 is 46.1 Å². The highest BCUT2D eigenvalue weighted by molar-refractivity contribution is 6.04. The van der Waals surface area contributed by atoms with Crippen molar-refractivity contribution in [3.63, 3.8) is 0 Å². The maximum absolute atomic E-state index is 17.0. The number of aromatic hydroxyl groups is 1. The Morgan fingerprint density at radius 2 is 2.02 bits per heavy atom. The lowest BCUT2D eigenvalue weighted by atomic mass is 9.95. The lowest BCUT2D eigenvalue weighted by Crippen LogP contribution is -2.53. The van der Waals surface area contributed by atoms with E-state index in [0.717, 1.165) is 6.42 Å². The molecule has 6 heterocycles. The van der Waals surface area contributed by atoms with Crippen LogP contribution in [0, 0.1) is 24.0 Å². The zero-order valence-corrected chi connectivity index (χ0v) is 28.5. The lowest BCUT2D eigenvalue weighted by molar-refractivity contribution is -0.222. The summed E-state index contributed by atoms with van der Waals surface area (Å²) in [5.41, 5.74) is -1.06. The molecule has 0 saturated carbocycles. The minimum Gasteiger partial charge on any atom is -0.508 e. The first-order chi connectivity index (χ1) is 25.4. The predicted octanol–water partition coefficient (Wildman–Crippen LogP) is 4.94. The number of terminal acetylenes is 1. The monoisotopic (exact) mass is 739 g/mol. The summed E-state index contributed by atoms with van der Waals surface area (Å²) in [5, 5.41) is 14.7. The molecule has 2 aromatic carbocycles. The van der Waals surface area contributed by atoms with Gasteiger partial charge in [-0.1, -0.05) is 12.0 Å². The third-order valence-corrected chi connectivity index (χ3v) is 10.8. The van der Waals surface area contributed by atoms with Gasteiger partial charge in [0.25, 0.3) is 0 Å². The van der Waals surface area contributed by atoms with Gasteiger partial charge in [0, 0.05) is 43.7 Å². The molecule has 3 atom stereocenters. The maximum atomic E-state index is 17.0. The molecule has 0 bridgehead atoms. The molecule has 0 spiro atoms. The highest BCUT2D eigenvalue weighted by atomic mass is 19.4. The van der Waals surface area contributed by atoms with Gasteiger partial charge in [0.05, 0.1) is 17.1 Å². The number of nitrogens with zero attached hydrogens (tertiary/aromatic N) is 6. The summed E-state index contributed by atoms with van der Waals surface area (Å²) in [6.07, 6.45) is 2.02. The number of pyridine rings is 1. The molecule has 0 aliphatic carbocycles. The van der Waals surface area contributed by atoms with Gasteiger partial charge >= 0.3 is 18.4 Å². The molecule has 278 valence electrons. The number of nitrogens with one attached hydrogen (secondary N) is 1. The Balaban J connectivity index is 1.17. The Kier molecular flexibility index (Phi) is 8.56. The molecule has 12 nitrogen and oxygen atoms in total. The van der Waals surface area contributed by atoms with E-state index in [2.05, 4.69) is 26.1 Å². The molecule has 17 heteroatoms. The standard InChI is InChI=1S/C36H34F5N7O5/c1-3-23-25(37)6-5-19-13-22(49)14-24(26(19)23)29-28(38)30-27-31(47-12-10-42-15-21(47)17-51-32(27)43-29)45-33(44-30)53-18-35-8-4-11-48(35)20(7-9-35)16-52-34(50)46(2)36(39,40)41/h1,5-6,13-14,20-21,42,49H,4,7-12,15-18H2,2H3/t20-,21-,35-/m0/s1. The van der Waals surface area contributed by atoms with E-state index in [4.69, 9.17) is 25.6 Å². The Bertz CT molecular complexity index is 2180. The Morgan fingerprint density at radius 1 is 1.19 bits per heavy atom. The van der Waals surface area contributed by atoms with Gasteiger partial charge < -0.3 is 29.5 Å². The number of ether oxygens (including phenoxy) is 3. The first kappa shape index (κ1) is 34.9. The van der Waals surface area contributed by atoms with Gasteiger partial charge in [-0.3, -0.25) is 4.90 Å². The normalized spacial score (nSPS) is 22.5. The number of hydrogen-bond acceptors (Lipinski definition) is 11. The summed E-state index contributed by atoms with van der Waals surface area (Å²) >= 11 is 0. The number of aromatic nitrogens is 3. The van der Waals surface area contributed by atoms with Crippen LogP contribution in [0.1, 0.15) is 31.2 Å². The summed E-state index contributed by atoms with van der Waals surface area (Å²) < 4.78 is 88.6. The summed E-state index contributed by atoms with van der Waals surface area (Å²) in [6.45, 7) is 2.36. The van der Waals surface area contributed by atoms with Crippen molar-refractivity contribution in [2.45, 2.75) is 49.6 Å². The van der Waals surface area contributed by atoms with E-state index < -0.39 is 34.5 Å². The average Bonchev–Trinajstić information content (AvgIpc) is 3.66. The molecule has 1 amide bonds. The van der Waals surface area contributed by atoms with E-state index >= 15 is 4.39 Å². The minimum atomic E-state index is -4.86. The number of carbonyl (C=O) groups excluding carboxylic acids is 1. The first-order valence-corrected chi connectivity index (χ1v) is 17.2. The smallest absolute Gasteiger partial charge is 0.489 e. The number of piperazine rings is 1. The Hall–Kier alpha value is -5.21. The van der Waals surface area contributed by atoms with Crippen molar-refractivity contribution in [3.8, 4) is 41.2 Å². The highest BCUT2D eigenvalue weighted by Crippen LogP contribution is 2.45. The van der Waals surface area contributed by atoms with Crippen molar-refractivity contribution in [1.29, 1.82) is 0 Å². The third kappa shape index (κ3) is 5.93. The van der Waals surface area contributed by atoms with Gasteiger partial charge in [-0.25, -0.2) is 23.5 Å². The lowest BCUT2D eigenvalue weighted by Gasteiger charge is -2.36. The Labute approximate surface area is 299 Å². The van der Waals surface area contributed by atoms with Crippen molar-refractivity contribution in [1.82, 2.24) is 30.1 Å². The second-order valence-electron chi connectivity index (χ2n) is 13.8. The SMILES string of the molecule is C#Cc1c(F)ccc2cc(O)cc(-c3nc4c5c(nc(OC[C@@]67CCCN6[C@H](COC(=O)N(C)C(F)(F)F)CC7)nc5c3F)N3CCNC[C@H]3CO4)c12. The number of phenols is 1. The van der Waals surface area contributed by atoms with Gasteiger partial charge in [-0.05, 0) is 55.8 Å². The van der Waals surface area contributed by atoms with E-state index in [1.807, 2.05) is 4.90 Å². The van der Waals surface area contributed by atoms with Gasteiger partial charge in [-0.15, -0.1) is 19.6 Å². The third-order valence-electron chi connectivity index (χ3n) is 10.8. The summed E-state index contributed by atoms with van der Waals surface area (Å²) in [5.74, 6) is 0.947. The zero-order chi connectivity index (χ0) is 37.2. The van der Waals surface area contributed by atoms with E-state index in [-0.39, 0.29) is 82.7 Å². The fourth-order valence-electron chi connectivity index (χ4n) is 8.13. The Morgan fingerprint density at radius 3 is 2.81 bits per heavy atom. The molecule has 53 heavy (non-hydrogen) atoms. The number of alkyl halides is 3. The van der Waals surface area contributed by atoms with Crippen LogP contribution in [0.5, 0.6) is 17.6 Å². The van der Waals surface area contributed by atoms with Crippen molar-refractivity contribution in [2.24, 2.45) is 0 Å². The molecule has 3 fully saturated rings. The van der Waals surface area contributed by atoms with Crippen LogP contribution in [0.2, 0.25) is 0 Å². The second-order valence-corrected chi connectivity index (χ2v) is 13.8. The largest absolute Gasteiger partial charge is 0.508 e. The molecule has 4 aliphatic rings. The molecular formula is C36H34F5N7O5. The van der Waals surface area contributed by atoms with Crippen LogP contribution >= 0.6 is 0 Å². The molecule has 0 radical (unpaired) electrons. The van der Waals surface area contributed by atoms with Gasteiger partial charge in [-0.2, -0.15) is 9.97 Å². The van der Waals surface area contributed by atoms with Crippen LogP contribution in [-0.4, -0.2) is 113 Å². The van der Waals surface area contributed by atoms with E-state index in [9.17, 15) is 27.5 Å². The van der Waals surface area contributed by atoms with E-state index in [1.54, 1.807) is 0 Å². The summed E-state index contributed by atoms with van der Waals surface area (Å²) in [4.78, 5) is 29.7. The van der Waals surface area contributed by atoms with Crippen LogP contribution in [0.4, 0.5) is 32.6 Å². The fraction of sp³-hybridized carbons (Fsp3) is 0.444. The average molecular weight is 740 g/mol. The molecule has 3 saturated heterocycles. The zero-order valence-electron chi connectivity index (χ0n) is 28.5. The molecule has 2 aromatic heterocycles. The number of benzene rings is 2. The number of fused-ring (bicyclic) bond motifs is 4. The van der Waals surface area contributed by atoms with E-state index in [0.29, 0.717) is 63.7 Å². The van der Waals surface area contributed by atoms with Gasteiger partial charge in [0.1, 0.15) is 53.8 Å². The van der Waals surface area contributed by atoms with Crippen molar-refractivity contribution >= 4 is 33.6 Å². The fourth-order valence-corrected chi connectivity index (χ4v) is 8.13. The first-order valence-electron chi connectivity index (χ1n) is 17.2. The van der Waals surface area contributed by atoms with Crippen LogP contribution < -0.4 is 19.7 Å². The quantitative estimate of drug-likeness (QED) is 0.159. The van der Waals surface area contributed by atoms with Crippen LogP contribution in [-0.2, 0) is 4.74 Å². The van der Waals surface area contributed by atoms with Gasteiger partial charge in [0.2, 0.25) is 5.88 Å². The second kappa shape index (κ2) is 13.0. The van der Waals surface area contributed by atoms with Crippen molar-refractivity contribution in [3.05, 3.63) is 41.5 Å². The minimum absolute atomic E-state index is 0.0394. The maximum Gasteiger partial charge on any atom is 0.489 e. The molecule has 4 aromatic rings. The van der Waals surface area contributed by atoms with Crippen LogP contribution in [0.25, 0.3) is 32.9 Å². The number of anilines is 1. The van der Waals surface area contributed by atoms with Gasteiger partial charge in [0.15, 0.2) is 5.82 Å². The number of amides is 1. The summed E-state index contributed by atoms with van der Waals surface area (Å²) in [6, 6.07) is 4.62. The predicted molar refractivity (Wildman–Crippen MR) is 182 cm³/mol. The number of rotatable bonds is 6. The summed E-state index contributed by atoms with van der Waals surface area (Å²) in [7, 11) is 0.615. The number of phenolic OH excluding ortho intramolecular Hbond substituents is 1. The highest BCUT2D eigenvalue weighted by Gasteiger charge is 2.50. The molecular weight excluding hydrogens is 705 g/mol. The van der Waals surface area contributed by atoms with Crippen molar-refractivity contribution in [2.75, 3.05) is 57.9 Å². The number of carbonyl (C=O) groups is 1. The molecule has 8 rings (SSSR count). The molecule has 4 aliphatic heterocycles. The molecule has 0 unspecified atom stereocenters. The number of hydrogen-bond donors (Lipinski definition) is 2. The van der Waals surface area contributed by atoms with Crippen LogP contribution in [0.15, 0.2) is 24.3 Å². The topological polar surface area (TPSA) is 125 Å². The van der Waals surface area contributed by atoms with E-state index in [1.165, 1.54) is 24.3 Å². The molecule has 2 N–H and O–H groups in total.